The maximum Gasteiger partial charge on any atom is 0.220 e. The molecule has 1 amide bonds. The van der Waals surface area contributed by atoms with Gasteiger partial charge in [0, 0.05) is 6.42 Å². The van der Waals surface area contributed by atoms with Crippen molar-refractivity contribution in [1.82, 2.24) is 5.32 Å². The molecule has 0 saturated heterocycles. The van der Waals surface area contributed by atoms with E-state index in [1.807, 2.05) is 6.08 Å². The normalized spacial score (nSPS) is 12.9. The molecular formula is C49H97NO3. The fourth-order valence-corrected chi connectivity index (χ4v) is 7.77. The van der Waals surface area contributed by atoms with Gasteiger partial charge in [-0.15, -0.1) is 0 Å². The van der Waals surface area contributed by atoms with Crippen LogP contribution in [-0.2, 0) is 4.79 Å². The van der Waals surface area contributed by atoms with Crippen molar-refractivity contribution in [1.29, 1.82) is 0 Å². The van der Waals surface area contributed by atoms with Gasteiger partial charge in [0.25, 0.3) is 0 Å². The number of amides is 1. The fraction of sp³-hybridized carbons (Fsp3) is 0.939. The Hall–Kier alpha value is -0.870. The quantitative estimate of drug-likeness (QED) is 0.0429. The minimum absolute atomic E-state index is 0.0630. The monoisotopic (exact) mass is 748 g/mol. The number of carbonyl (C=O) groups excluding carboxylic acids is 1. The first-order chi connectivity index (χ1) is 26.2. The molecule has 316 valence electrons. The summed E-state index contributed by atoms with van der Waals surface area (Å²) in [6, 6.07) is -0.615. The first kappa shape index (κ1) is 52.1. The molecule has 0 fully saturated rings. The summed E-state index contributed by atoms with van der Waals surface area (Å²) in [6.45, 7) is 4.31. The Morgan fingerprint density at radius 1 is 0.434 bits per heavy atom. The van der Waals surface area contributed by atoms with E-state index in [-0.39, 0.29) is 12.5 Å². The predicted molar refractivity (Wildman–Crippen MR) is 235 cm³/mol. The van der Waals surface area contributed by atoms with Crippen LogP contribution in [0.25, 0.3) is 0 Å². The molecule has 0 aliphatic rings. The lowest BCUT2D eigenvalue weighted by atomic mass is 10.0. The molecule has 4 heteroatoms. The number of aliphatic hydroxyl groups is 2. The van der Waals surface area contributed by atoms with E-state index in [0.717, 1.165) is 25.7 Å². The zero-order chi connectivity index (χ0) is 38.6. The van der Waals surface area contributed by atoms with Crippen molar-refractivity contribution in [3.8, 4) is 0 Å². The van der Waals surface area contributed by atoms with Crippen LogP contribution in [0.2, 0.25) is 0 Å². The number of rotatable bonds is 45. The van der Waals surface area contributed by atoms with Crippen molar-refractivity contribution >= 4 is 5.91 Å². The van der Waals surface area contributed by atoms with Crippen molar-refractivity contribution < 1.29 is 15.0 Å². The number of nitrogens with one attached hydrogen (secondary N) is 1. The van der Waals surface area contributed by atoms with Gasteiger partial charge in [0.05, 0.1) is 18.8 Å². The van der Waals surface area contributed by atoms with Gasteiger partial charge in [0.1, 0.15) is 0 Å². The van der Waals surface area contributed by atoms with Crippen LogP contribution in [0.1, 0.15) is 277 Å². The summed E-state index contributed by atoms with van der Waals surface area (Å²) >= 11 is 0. The van der Waals surface area contributed by atoms with Crippen LogP contribution >= 0.6 is 0 Å². The maximum absolute atomic E-state index is 12.3. The second-order valence-corrected chi connectivity index (χ2v) is 16.9. The minimum atomic E-state index is -0.833. The van der Waals surface area contributed by atoms with Crippen LogP contribution < -0.4 is 5.32 Å². The van der Waals surface area contributed by atoms with Crippen LogP contribution in [0.15, 0.2) is 12.2 Å². The van der Waals surface area contributed by atoms with Gasteiger partial charge in [-0.25, -0.2) is 0 Å². The molecule has 2 atom stereocenters. The van der Waals surface area contributed by atoms with E-state index in [2.05, 4.69) is 19.2 Å². The van der Waals surface area contributed by atoms with Gasteiger partial charge in [-0.1, -0.05) is 264 Å². The van der Waals surface area contributed by atoms with Crippen molar-refractivity contribution in [3.63, 3.8) is 0 Å². The molecule has 0 radical (unpaired) electrons. The van der Waals surface area contributed by atoms with Gasteiger partial charge in [0.2, 0.25) is 5.91 Å². The molecule has 0 aromatic heterocycles. The summed E-state index contributed by atoms with van der Waals surface area (Å²) in [6.07, 6.45) is 57.9. The Bertz CT molecular complexity index is 725. The number of aliphatic hydroxyl groups excluding tert-OH is 2. The largest absolute Gasteiger partial charge is 0.394 e. The lowest BCUT2D eigenvalue weighted by Gasteiger charge is -2.20. The molecule has 0 aliphatic carbocycles. The molecular weight excluding hydrogens is 651 g/mol. The number of carbonyl (C=O) groups is 1. The third kappa shape index (κ3) is 42.1. The number of unbranched alkanes of at least 4 members (excludes halogenated alkanes) is 38. The number of hydrogen-bond donors (Lipinski definition) is 3. The van der Waals surface area contributed by atoms with Crippen LogP contribution in [0.4, 0.5) is 0 Å². The molecule has 0 aliphatic heterocycles. The molecule has 0 bridgehead atoms. The highest BCUT2D eigenvalue weighted by Crippen LogP contribution is 2.17. The van der Waals surface area contributed by atoms with E-state index in [1.165, 1.54) is 231 Å². The minimum Gasteiger partial charge on any atom is -0.394 e. The van der Waals surface area contributed by atoms with Crippen molar-refractivity contribution in [2.75, 3.05) is 6.61 Å². The molecule has 0 rings (SSSR count). The summed E-state index contributed by atoms with van der Waals surface area (Å²) in [5, 5.41) is 23.0. The molecule has 0 spiro atoms. The molecule has 0 saturated carbocycles. The standard InChI is InChI=1S/C49H97NO3/c1-3-5-7-9-11-13-15-16-17-18-19-20-21-22-23-24-25-26-27-28-29-30-31-32-33-34-35-36-38-40-42-44-48(52)47(46-51)50-49(53)45-43-41-39-37-14-12-10-8-6-4-2/h42,44,47-48,51-52H,3-41,43,45-46H2,1-2H3,(H,50,53)/b44-42+. The summed E-state index contributed by atoms with van der Waals surface area (Å²) in [5.74, 6) is -0.0630. The Labute approximate surface area is 333 Å². The van der Waals surface area contributed by atoms with Crippen LogP contribution in [0.3, 0.4) is 0 Å². The highest BCUT2D eigenvalue weighted by Gasteiger charge is 2.18. The van der Waals surface area contributed by atoms with E-state index in [9.17, 15) is 15.0 Å². The SMILES string of the molecule is CCCCCCCCCCCCCCCCCCCCCCCCCCCCCCC/C=C/C(O)C(CO)NC(=O)CCCCCCCCCCCC. The smallest absolute Gasteiger partial charge is 0.220 e. The van der Waals surface area contributed by atoms with Gasteiger partial charge in [-0.05, 0) is 19.3 Å². The maximum atomic E-state index is 12.3. The molecule has 0 heterocycles. The Balaban J connectivity index is 3.40. The molecule has 0 aromatic carbocycles. The summed E-state index contributed by atoms with van der Waals surface area (Å²) in [5.41, 5.74) is 0. The van der Waals surface area contributed by atoms with E-state index in [4.69, 9.17) is 0 Å². The van der Waals surface area contributed by atoms with E-state index >= 15 is 0 Å². The third-order valence-electron chi connectivity index (χ3n) is 11.5. The first-order valence-electron chi connectivity index (χ1n) is 24.4. The second kappa shape index (κ2) is 45.5. The average Bonchev–Trinajstić information content (AvgIpc) is 3.16. The highest BCUT2D eigenvalue weighted by molar-refractivity contribution is 5.76. The molecule has 2 unspecified atom stereocenters. The first-order valence-corrected chi connectivity index (χ1v) is 24.4. The highest BCUT2D eigenvalue weighted by atomic mass is 16.3. The molecule has 53 heavy (non-hydrogen) atoms. The zero-order valence-electron chi connectivity index (χ0n) is 36.3. The lowest BCUT2D eigenvalue weighted by Crippen LogP contribution is -2.45. The van der Waals surface area contributed by atoms with Crippen molar-refractivity contribution in [2.24, 2.45) is 0 Å². The van der Waals surface area contributed by atoms with Gasteiger partial charge in [-0.2, -0.15) is 0 Å². The average molecular weight is 748 g/mol. The molecule has 3 N–H and O–H groups in total. The van der Waals surface area contributed by atoms with Crippen LogP contribution in [-0.4, -0.2) is 34.9 Å². The van der Waals surface area contributed by atoms with E-state index in [0.29, 0.717) is 6.42 Å². The fourth-order valence-electron chi connectivity index (χ4n) is 7.77. The predicted octanol–water partition coefficient (Wildman–Crippen LogP) is 15.4. The van der Waals surface area contributed by atoms with Crippen LogP contribution in [0, 0.1) is 0 Å². The van der Waals surface area contributed by atoms with Crippen molar-refractivity contribution in [3.05, 3.63) is 12.2 Å². The zero-order valence-corrected chi connectivity index (χ0v) is 36.3. The van der Waals surface area contributed by atoms with Crippen LogP contribution in [0.5, 0.6) is 0 Å². The third-order valence-corrected chi connectivity index (χ3v) is 11.5. The Morgan fingerprint density at radius 2 is 0.698 bits per heavy atom. The summed E-state index contributed by atoms with van der Waals surface area (Å²) < 4.78 is 0. The van der Waals surface area contributed by atoms with Gasteiger partial charge >= 0.3 is 0 Å². The van der Waals surface area contributed by atoms with E-state index in [1.54, 1.807) is 6.08 Å². The number of allylic oxidation sites excluding steroid dienone is 1. The van der Waals surface area contributed by atoms with E-state index < -0.39 is 12.1 Å². The van der Waals surface area contributed by atoms with Crippen molar-refractivity contribution in [2.45, 2.75) is 289 Å². The Kier molecular flexibility index (Phi) is 44.8. The van der Waals surface area contributed by atoms with Gasteiger partial charge < -0.3 is 15.5 Å². The van der Waals surface area contributed by atoms with Gasteiger partial charge in [0.15, 0.2) is 0 Å². The number of hydrogen-bond acceptors (Lipinski definition) is 3. The molecule has 0 aromatic rings. The Morgan fingerprint density at radius 3 is 0.981 bits per heavy atom. The molecule has 4 nitrogen and oxygen atoms in total. The second-order valence-electron chi connectivity index (χ2n) is 16.9. The summed E-state index contributed by atoms with van der Waals surface area (Å²) in [4.78, 5) is 12.3. The topological polar surface area (TPSA) is 69.6 Å². The lowest BCUT2D eigenvalue weighted by molar-refractivity contribution is -0.123. The summed E-state index contributed by atoms with van der Waals surface area (Å²) in [7, 11) is 0. The van der Waals surface area contributed by atoms with Gasteiger partial charge in [-0.3, -0.25) is 4.79 Å².